The average Bonchev–Trinajstić information content (AvgIpc) is 3.36. The summed E-state index contributed by atoms with van der Waals surface area (Å²) in [5.74, 6) is -6.69. The third-order valence-electron chi connectivity index (χ3n) is 11.3. The zero-order valence-electron chi connectivity index (χ0n) is 40.5. The van der Waals surface area contributed by atoms with Crippen molar-refractivity contribution in [2.24, 2.45) is 5.73 Å². The van der Waals surface area contributed by atoms with Gasteiger partial charge in [-0.2, -0.15) is 15.0 Å². The van der Waals surface area contributed by atoms with Gasteiger partial charge < -0.3 is 58.9 Å². The predicted molar refractivity (Wildman–Crippen MR) is 269 cm³/mol. The molecule has 0 aliphatic carbocycles. The fourth-order valence-electron chi connectivity index (χ4n) is 7.35. The maximum atomic E-state index is 13.8. The molecule has 1 aliphatic heterocycles. The van der Waals surface area contributed by atoms with E-state index in [0.29, 0.717) is 29.5 Å². The van der Waals surface area contributed by atoms with Crippen LogP contribution in [0, 0.1) is 0 Å². The second-order valence-electron chi connectivity index (χ2n) is 17.3. The van der Waals surface area contributed by atoms with Crippen LogP contribution in [0.5, 0.6) is 0 Å². The van der Waals surface area contributed by atoms with Gasteiger partial charge in [0.05, 0.1) is 13.1 Å². The fraction of sp³-hybridized carbons (Fsp3) is 0.388. The first-order valence-corrected chi connectivity index (χ1v) is 24.0. The molecule has 0 saturated carbocycles. The molecule has 23 nitrogen and oxygen atoms in total. The fourth-order valence-corrected chi connectivity index (χ4v) is 7.51. The van der Waals surface area contributed by atoms with Crippen molar-refractivity contribution in [3.63, 3.8) is 0 Å². The van der Waals surface area contributed by atoms with Crippen molar-refractivity contribution in [3.8, 4) is 0 Å². The van der Waals surface area contributed by atoms with E-state index in [2.05, 4.69) is 68.1 Å². The van der Waals surface area contributed by atoms with Crippen molar-refractivity contribution >= 4 is 76.7 Å². The molecule has 0 saturated heterocycles. The standard InChI is InChI=1S/C49H61ClN14O9/c1-28-41(68)59-35(23-31-15-7-4-8-16-31)44(71)53-27-39(66)56-29(2)42(69)61-37(25-33-19-11-6-12-20-33)46(73)58-34(40(51)67)21-13-14-22-52-48-62-47(50)63-49(64-48)57-30(3)43(70)60-36(24-32-17-9-5-10-18-32)45(72)54-26-38(65)55-28/h4-12,15-20,28-30,34-37H,13-14,21-27H2,1-3H3,(H2,51,67)(H,53,71)(H,54,72)(H,55,65)(H,56,66)(H,58,73)(H,59,68)(H,60,70)(H,61,69)(H2,52,57,62,63,64)/t28-,29-,30-,34-,35-,36-,37-/m0/s1. The van der Waals surface area contributed by atoms with Crippen molar-refractivity contribution in [2.75, 3.05) is 30.3 Å². The molecule has 0 fully saturated rings. The highest BCUT2D eigenvalue weighted by Gasteiger charge is 2.30. The number of anilines is 2. The lowest BCUT2D eigenvalue weighted by atomic mass is 10.0. The smallest absolute Gasteiger partial charge is 0.243 e. The molecule has 1 aliphatic rings. The summed E-state index contributed by atoms with van der Waals surface area (Å²) in [6, 6.07) is 18.1. The summed E-state index contributed by atoms with van der Waals surface area (Å²) in [6.07, 6.45) is 0.969. The molecule has 12 N–H and O–H groups in total. The summed E-state index contributed by atoms with van der Waals surface area (Å²) in [4.78, 5) is 133. The molecule has 0 radical (unpaired) electrons. The summed E-state index contributed by atoms with van der Waals surface area (Å²) in [5.41, 5.74) is 7.76. The van der Waals surface area contributed by atoms with Gasteiger partial charge in [-0.3, -0.25) is 43.2 Å². The number of nitrogens with two attached hydrogens (primary N) is 1. The lowest BCUT2D eigenvalue weighted by Crippen LogP contribution is -2.57. The summed E-state index contributed by atoms with van der Waals surface area (Å²) in [5, 5.41) is 26.3. The van der Waals surface area contributed by atoms with Crippen LogP contribution in [0.2, 0.25) is 5.28 Å². The number of carbonyl (C=O) groups excluding carboxylic acids is 9. The number of nitrogens with one attached hydrogen (secondary N) is 10. The van der Waals surface area contributed by atoms with Crippen molar-refractivity contribution in [2.45, 2.75) is 102 Å². The Morgan fingerprint density at radius 2 is 0.890 bits per heavy atom. The van der Waals surface area contributed by atoms with E-state index in [0.717, 1.165) is 0 Å². The minimum atomic E-state index is -1.24. The van der Waals surface area contributed by atoms with Gasteiger partial charge in [-0.25, -0.2) is 0 Å². The van der Waals surface area contributed by atoms with E-state index in [9.17, 15) is 43.2 Å². The first-order chi connectivity index (χ1) is 34.9. The molecule has 3 aromatic carbocycles. The number of amides is 9. The lowest BCUT2D eigenvalue weighted by Gasteiger charge is -2.24. The van der Waals surface area contributed by atoms with E-state index < -0.39 is 109 Å². The van der Waals surface area contributed by atoms with E-state index in [1.165, 1.54) is 20.8 Å². The first-order valence-electron chi connectivity index (χ1n) is 23.6. The Bertz CT molecular complexity index is 2560. The van der Waals surface area contributed by atoms with Gasteiger partial charge in [0.25, 0.3) is 0 Å². The van der Waals surface area contributed by atoms with Crippen LogP contribution in [-0.2, 0) is 62.4 Å². The van der Waals surface area contributed by atoms with Gasteiger partial charge in [-0.15, -0.1) is 0 Å². The van der Waals surface area contributed by atoms with Crippen LogP contribution in [-0.4, -0.2) is 130 Å². The Morgan fingerprint density at radius 1 is 0.493 bits per heavy atom. The molecule has 5 rings (SSSR count). The molecule has 4 aromatic rings. The molecule has 73 heavy (non-hydrogen) atoms. The normalized spacial score (nSPS) is 23.1. The number of aromatic nitrogens is 3. The zero-order valence-corrected chi connectivity index (χ0v) is 41.3. The highest BCUT2D eigenvalue weighted by Crippen LogP contribution is 2.13. The maximum Gasteiger partial charge on any atom is 0.243 e. The minimum absolute atomic E-state index is 0.0126. The summed E-state index contributed by atoms with van der Waals surface area (Å²) in [6.45, 7) is 3.32. The zero-order chi connectivity index (χ0) is 52.9. The number of fused-ring (bicyclic) bond motifs is 2. The number of hydrogen-bond acceptors (Lipinski definition) is 14. The van der Waals surface area contributed by atoms with E-state index in [1.54, 1.807) is 91.0 Å². The summed E-state index contributed by atoms with van der Waals surface area (Å²) in [7, 11) is 0. The minimum Gasteiger partial charge on any atom is -0.368 e. The van der Waals surface area contributed by atoms with Gasteiger partial charge in [0, 0.05) is 25.8 Å². The first kappa shape index (κ1) is 55.7. The number of hydrogen-bond donors (Lipinski definition) is 11. The molecule has 0 unspecified atom stereocenters. The second kappa shape index (κ2) is 28.0. The van der Waals surface area contributed by atoms with Gasteiger partial charge in [0.1, 0.15) is 42.3 Å². The molecule has 388 valence electrons. The van der Waals surface area contributed by atoms with Gasteiger partial charge in [-0.05, 0) is 68.3 Å². The highest BCUT2D eigenvalue weighted by molar-refractivity contribution is 6.28. The molecule has 9 amide bonds. The van der Waals surface area contributed by atoms with Gasteiger partial charge in [0.2, 0.25) is 70.3 Å². The number of rotatable bonds is 7. The number of benzene rings is 3. The summed E-state index contributed by atoms with van der Waals surface area (Å²) < 4.78 is 0. The molecule has 2 bridgehead atoms. The highest BCUT2D eigenvalue weighted by atomic mass is 35.5. The van der Waals surface area contributed by atoms with Crippen LogP contribution in [0.3, 0.4) is 0 Å². The molecular weight excluding hydrogens is 964 g/mol. The monoisotopic (exact) mass is 1020 g/mol. The topological polar surface area (TPSA) is 339 Å². The van der Waals surface area contributed by atoms with Crippen molar-refractivity contribution in [3.05, 3.63) is 113 Å². The molecule has 0 spiro atoms. The quantitative estimate of drug-likeness (QED) is 0.109. The average molecular weight is 1030 g/mol. The largest absolute Gasteiger partial charge is 0.368 e. The van der Waals surface area contributed by atoms with Gasteiger partial charge >= 0.3 is 0 Å². The van der Waals surface area contributed by atoms with E-state index in [1.807, 2.05) is 0 Å². The summed E-state index contributed by atoms with van der Waals surface area (Å²) >= 11 is 6.21. The molecule has 7 atom stereocenters. The number of nitrogens with zero attached hydrogens (tertiary/aromatic N) is 3. The van der Waals surface area contributed by atoms with Crippen LogP contribution in [0.4, 0.5) is 11.9 Å². The van der Waals surface area contributed by atoms with Crippen LogP contribution < -0.4 is 58.9 Å². The Kier molecular flexibility index (Phi) is 21.4. The predicted octanol–water partition coefficient (Wildman–Crippen LogP) is -0.684. The number of primary amides is 1. The Hall–Kier alpha value is -8.21. The maximum absolute atomic E-state index is 13.8. The molecular formula is C49H61ClN14O9. The van der Waals surface area contributed by atoms with Crippen LogP contribution >= 0.6 is 11.6 Å². The molecule has 2 heterocycles. The van der Waals surface area contributed by atoms with Crippen LogP contribution in [0.1, 0.15) is 56.7 Å². The van der Waals surface area contributed by atoms with Gasteiger partial charge in [0.15, 0.2) is 0 Å². The van der Waals surface area contributed by atoms with Crippen LogP contribution in [0.15, 0.2) is 91.0 Å². The van der Waals surface area contributed by atoms with E-state index in [-0.39, 0.29) is 49.4 Å². The number of halogens is 1. The second-order valence-corrected chi connectivity index (χ2v) is 17.6. The molecule has 1 aromatic heterocycles. The Labute approximate surface area is 426 Å². The SMILES string of the molecule is C[C@@H]1NC(=O)CNC(=O)[C@H](Cc2ccccc2)NC(=O)[C@H](C)Nc2nc(Cl)nc(n2)NCCCC[C@@H](C(N)=O)NC(=O)[C@H](Cc2ccccc2)NC(=O)[C@H](C)NC(=O)CNC(=O)[C@H](Cc2ccccc2)NC1=O. The third kappa shape index (κ3) is 18.8. The van der Waals surface area contributed by atoms with Gasteiger partial charge in [-0.1, -0.05) is 91.0 Å². The Morgan fingerprint density at radius 3 is 1.32 bits per heavy atom. The Balaban J connectivity index is 1.36. The van der Waals surface area contributed by atoms with Crippen molar-refractivity contribution < 1.29 is 43.2 Å². The van der Waals surface area contributed by atoms with Crippen LogP contribution in [0.25, 0.3) is 0 Å². The third-order valence-corrected chi connectivity index (χ3v) is 11.5. The molecule has 24 heteroatoms. The number of carbonyl (C=O) groups is 9. The van der Waals surface area contributed by atoms with Crippen molar-refractivity contribution in [1.82, 2.24) is 57.5 Å². The lowest BCUT2D eigenvalue weighted by molar-refractivity contribution is -0.134. The van der Waals surface area contributed by atoms with E-state index in [4.69, 9.17) is 17.3 Å². The van der Waals surface area contributed by atoms with E-state index >= 15 is 0 Å². The van der Waals surface area contributed by atoms with Crippen molar-refractivity contribution in [1.29, 1.82) is 0 Å².